The van der Waals surface area contributed by atoms with E-state index in [-0.39, 0.29) is 5.91 Å². The zero-order valence-electron chi connectivity index (χ0n) is 24.7. The van der Waals surface area contributed by atoms with Gasteiger partial charge in [0.2, 0.25) is 0 Å². The molecule has 224 valence electrons. The summed E-state index contributed by atoms with van der Waals surface area (Å²) in [6.07, 6.45) is 3.89. The molecule has 8 nitrogen and oxygen atoms in total. The van der Waals surface area contributed by atoms with Gasteiger partial charge in [-0.05, 0) is 80.5 Å². The van der Waals surface area contributed by atoms with Crippen molar-refractivity contribution >= 4 is 57.3 Å². The summed E-state index contributed by atoms with van der Waals surface area (Å²) in [5, 5.41) is 4.90. The van der Waals surface area contributed by atoms with Crippen molar-refractivity contribution < 1.29 is 9.53 Å². The molecule has 2 fully saturated rings. The van der Waals surface area contributed by atoms with Crippen molar-refractivity contribution in [2.45, 2.75) is 37.6 Å². The number of amides is 1. The number of likely N-dealkylation sites (tertiary alicyclic amines) is 1. The number of carbonyl (C=O) groups is 1. The number of nitrogens with zero attached hydrogens (tertiary/aromatic N) is 4. The van der Waals surface area contributed by atoms with E-state index in [1.54, 1.807) is 16.7 Å². The van der Waals surface area contributed by atoms with Crippen LogP contribution in [0.15, 0.2) is 86.6 Å². The van der Waals surface area contributed by atoms with Gasteiger partial charge in [-0.15, -0.1) is 0 Å². The summed E-state index contributed by atoms with van der Waals surface area (Å²) in [6, 6.07) is 21.9. The summed E-state index contributed by atoms with van der Waals surface area (Å²) in [5.41, 5.74) is 10.4. The Morgan fingerprint density at radius 3 is 2.60 bits per heavy atom. The molecule has 0 aromatic heterocycles. The lowest BCUT2D eigenvalue weighted by Crippen LogP contribution is -2.33. The predicted octanol–water partition coefficient (Wildman–Crippen LogP) is 6.74. The molecule has 3 aliphatic rings. The fraction of sp³-hybridized carbons (Fsp3) is 0.333. The van der Waals surface area contributed by atoms with Crippen molar-refractivity contribution in [2.24, 2.45) is 4.99 Å². The van der Waals surface area contributed by atoms with Crippen molar-refractivity contribution in [3.05, 3.63) is 82.2 Å². The van der Waals surface area contributed by atoms with Crippen LogP contribution in [-0.2, 0) is 11.3 Å². The van der Waals surface area contributed by atoms with Crippen LogP contribution >= 0.6 is 23.5 Å². The summed E-state index contributed by atoms with van der Waals surface area (Å²) >= 11 is 3.03. The summed E-state index contributed by atoms with van der Waals surface area (Å²) < 4.78 is 6.16. The van der Waals surface area contributed by atoms with E-state index in [1.807, 2.05) is 68.6 Å². The molecule has 3 aliphatic heterocycles. The van der Waals surface area contributed by atoms with Gasteiger partial charge in [0.1, 0.15) is 17.3 Å². The van der Waals surface area contributed by atoms with E-state index in [4.69, 9.17) is 15.5 Å². The topological polar surface area (TPSA) is 86.4 Å². The molecule has 0 saturated carbocycles. The zero-order chi connectivity index (χ0) is 29.8. The molecule has 3 aromatic rings. The second kappa shape index (κ2) is 13.4. The Balaban J connectivity index is 1.27. The molecule has 0 aliphatic carbocycles. The van der Waals surface area contributed by atoms with Gasteiger partial charge in [-0.1, -0.05) is 48.5 Å². The maximum atomic E-state index is 14.1. The minimum Gasteiger partial charge on any atom is -0.492 e. The van der Waals surface area contributed by atoms with Crippen LogP contribution < -0.4 is 20.7 Å². The third-order valence-electron chi connectivity index (χ3n) is 7.77. The Hall–Kier alpha value is -3.60. The van der Waals surface area contributed by atoms with Crippen molar-refractivity contribution in [1.29, 1.82) is 0 Å². The number of ether oxygens (including phenoxy) is 1. The van der Waals surface area contributed by atoms with Crippen LogP contribution in [0.5, 0.6) is 5.75 Å². The lowest BCUT2D eigenvalue weighted by molar-refractivity contribution is -0.122. The van der Waals surface area contributed by atoms with Crippen molar-refractivity contribution in [3.8, 4) is 5.75 Å². The van der Waals surface area contributed by atoms with Crippen molar-refractivity contribution in [1.82, 2.24) is 9.80 Å². The Morgan fingerprint density at radius 2 is 1.81 bits per heavy atom. The summed E-state index contributed by atoms with van der Waals surface area (Å²) in [4.78, 5) is 27.2. The van der Waals surface area contributed by atoms with Gasteiger partial charge in [0, 0.05) is 36.8 Å². The first kappa shape index (κ1) is 29.5. The van der Waals surface area contributed by atoms with E-state index in [9.17, 15) is 4.79 Å². The van der Waals surface area contributed by atoms with E-state index >= 15 is 0 Å². The second-order valence-electron chi connectivity index (χ2n) is 10.9. The molecular weight excluding hydrogens is 577 g/mol. The SMILES string of the molecule is CCNc1ccc(N)cc1N=C1S/C(=C2\Sc3ccc(OCCN4CCCCC4)cc3N2C)C(=O)N1Cc1ccccc1. The molecule has 0 atom stereocenters. The lowest BCUT2D eigenvalue weighted by Gasteiger charge is -2.26. The van der Waals surface area contributed by atoms with E-state index < -0.39 is 0 Å². The van der Waals surface area contributed by atoms with E-state index in [0.29, 0.717) is 34.6 Å². The minimum atomic E-state index is -0.0540. The van der Waals surface area contributed by atoms with Gasteiger partial charge < -0.3 is 20.7 Å². The molecule has 3 aromatic carbocycles. The average Bonchev–Trinajstić information content (AvgIpc) is 3.50. The number of nitrogens with two attached hydrogens (primary N) is 1. The van der Waals surface area contributed by atoms with Crippen molar-refractivity contribution in [3.63, 3.8) is 0 Å². The maximum absolute atomic E-state index is 14.1. The first-order valence-corrected chi connectivity index (χ1v) is 16.5. The smallest absolute Gasteiger partial charge is 0.269 e. The number of hydrogen-bond donors (Lipinski definition) is 2. The third-order valence-corrected chi connectivity index (χ3v) is 10.2. The Bertz CT molecular complexity index is 1540. The summed E-state index contributed by atoms with van der Waals surface area (Å²) in [5.74, 6) is 0.798. The van der Waals surface area contributed by atoms with Gasteiger partial charge >= 0.3 is 0 Å². The molecule has 3 heterocycles. The van der Waals surface area contributed by atoms with Crippen LogP contribution in [0.2, 0.25) is 0 Å². The molecular formula is C33H38N6O2S2. The largest absolute Gasteiger partial charge is 0.492 e. The number of benzene rings is 3. The number of nitrogens with one attached hydrogen (secondary N) is 1. The first-order valence-electron chi connectivity index (χ1n) is 14.9. The predicted molar refractivity (Wildman–Crippen MR) is 180 cm³/mol. The van der Waals surface area contributed by atoms with Gasteiger partial charge in [0.25, 0.3) is 5.91 Å². The number of fused-ring (bicyclic) bond motifs is 1. The monoisotopic (exact) mass is 614 g/mol. The highest BCUT2D eigenvalue weighted by molar-refractivity contribution is 8.19. The van der Waals surface area contributed by atoms with Gasteiger partial charge in [-0.2, -0.15) is 0 Å². The number of piperidine rings is 1. The molecule has 10 heteroatoms. The summed E-state index contributed by atoms with van der Waals surface area (Å²) in [6.45, 7) is 7.17. The second-order valence-corrected chi connectivity index (χ2v) is 12.9. The van der Waals surface area contributed by atoms with E-state index in [1.165, 1.54) is 31.0 Å². The highest BCUT2D eigenvalue weighted by Crippen LogP contribution is 2.51. The number of thioether (sulfide) groups is 2. The van der Waals surface area contributed by atoms with E-state index in [2.05, 4.69) is 27.2 Å². The van der Waals surface area contributed by atoms with Crippen LogP contribution in [0.1, 0.15) is 31.7 Å². The highest BCUT2D eigenvalue weighted by atomic mass is 32.2. The van der Waals surface area contributed by atoms with Crippen LogP contribution in [0.4, 0.5) is 22.7 Å². The Kier molecular flexibility index (Phi) is 9.16. The molecule has 0 radical (unpaired) electrons. The number of anilines is 3. The molecule has 0 bridgehead atoms. The first-order chi connectivity index (χ1) is 21.0. The Labute approximate surface area is 262 Å². The van der Waals surface area contributed by atoms with Crippen molar-refractivity contribution in [2.75, 3.05) is 55.8 Å². The van der Waals surface area contributed by atoms with Crippen LogP contribution in [-0.4, -0.2) is 60.7 Å². The quantitative estimate of drug-likeness (QED) is 0.203. The molecule has 43 heavy (non-hydrogen) atoms. The molecule has 2 saturated heterocycles. The standard InChI is InChI=1S/C33H38N6O2S2/c1-3-35-26-14-12-24(34)20-27(26)36-33-39(22-23-10-6-4-7-11-23)31(40)30(43-33)32-37(2)28-21-25(13-15-29(28)42-32)41-19-18-38-16-8-5-9-17-38/h4,6-7,10-15,20-21,35H,3,5,8-9,16-19,22,34H2,1-2H3/b32-30-,36-33?. The van der Waals surface area contributed by atoms with Crippen LogP contribution in [0.3, 0.4) is 0 Å². The number of carbonyl (C=O) groups excluding carboxylic acids is 1. The van der Waals surface area contributed by atoms with Gasteiger partial charge in [0.15, 0.2) is 5.17 Å². The number of amidine groups is 1. The maximum Gasteiger partial charge on any atom is 0.269 e. The minimum absolute atomic E-state index is 0.0540. The average molecular weight is 615 g/mol. The fourth-order valence-electron chi connectivity index (χ4n) is 5.50. The van der Waals surface area contributed by atoms with Gasteiger partial charge in [-0.3, -0.25) is 14.6 Å². The van der Waals surface area contributed by atoms with Gasteiger partial charge in [0.05, 0.1) is 28.6 Å². The molecule has 0 spiro atoms. The van der Waals surface area contributed by atoms with E-state index in [0.717, 1.165) is 58.8 Å². The normalized spacial score (nSPS) is 19.8. The summed E-state index contributed by atoms with van der Waals surface area (Å²) in [7, 11) is 2.02. The van der Waals surface area contributed by atoms with Gasteiger partial charge in [-0.25, -0.2) is 4.99 Å². The molecule has 0 unspecified atom stereocenters. The lowest BCUT2D eigenvalue weighted by atomic mass is 10.1. The zero-order valence-corrected chi connectivity index (χ0v) is 26.3. The number of nitrogen functional groups attached to an aromatic ring is 1. The molecule has 3 N–H and O–H groups in total. The molecule has 1 amide bonds. The number of rotatable bonds is 9. The number of hydrogen-bond acceptors (Lipinski definition) is 9. The van der Waals surface area contributed by atoms with Crippen LogP contribution in [0, 0.1) is 0 Å². The third kappa shape index (κ3) is 6.66. The van der Waals surface area contributed by atoms with Crippen LogP contribution in [0.25, 0.3) is 0 Å². The number of aliphatic imine (C=N–C) groups is 1. The fourth-order valence-corrected chi connectivity index (χ4v) is 7.82. The Morgan fingerprint density at radius 1 is 1.00 bits per heavy atom. The molecule has 6 rings (SSSR count). The highest BCUT2D eigenvalue weighted by Gasteiger charge is 2.39.